The van der Waals surface area contributed by atoms with Crippen molar-refractivity contribution in [1.29, 1.82) is 0 Å². The van der Waals surface area contributed by atoms with E-state index in [1.54, 1.807) is 0 Å². The Morgan fingerprint density at radius 2 is 2.26 bits per heavy atom. The number of pyridine rings is 1. The number of hydrogen-bond acceptors (Lipinski definition) is 4. The van der Waals surface area contributed by atoms with Crippen LogP contribution in [-0.4, -0.2) is 60.0 Å². The molecular weight excluding hydrogens is 288 g/mol. The van der Waals surface area contributed by atoms with Gasteiger partial charge in [-0.15, -0.1) is 0 Å². The topological polar surface area (TPSA) is 48.5 Å². The zero-order valence-corrected chi connectivity index (χ0v) is 14.2. The summed E-state index contributed by atoms with van der Waals surface area (Å²) in [6, 6.07) is 5.13. The predicted octanol–water partition coefficient (Wildman–Crippen LogP) is 1.67. The molecule has 126 valence electrons. The van der Waals surface area contributed by atoms with Crippen molar-refractivity contribution >= 4 is 5.91 Å². The fraction of sp³-hybridized carbons (Fsp3) is 0.667. The Morgan fingerprint density at radius 3 is 2.91 bits per heavy atom. The number of carbonyl (C=O) groups is 1. The fourth-order valence-corrected chi connectivity index (χ4v) is 3.74. The number of nitrogens with zero attached hydrogens (tertiary/aromatic N) is 3. The maximum absolute atomic E-state index is 12.2. The van der Waals surface area contributed by atoms with Gasteiger partial charge in [-0.1, -0.05) is 13.0 Å². The van der Waals surface area contributed by atoms with Crippen LogP contribution in [0.5, 0.6) is 0 Å². The van der Waals surface area contributed by atoms with Gasteiger partial charge in [-0.2, -0.15) is 0 Å². The van der Waals surface area contributed by atoms with E-state index in [1.165, 1.54) is 18.4 Å². The number of likely N-dealkylation sites (tertiary alicyclic amines) is 1. The molecule has 0 spiro atoms. The summed E-state index contributed by atoms with van der Waals surface area (Å²) in [6.07, 6.45) is 7.38. The quantitative estimate of drug-likeness (QED) is 0.831. The monoisotopic (exact) mass is 316 g/mol. The van der Waals surface area contributed by atoms with Crippen LogP contribution in [0.1, 0.15) is 37.8 Å². The summed E-state index contributed by atoms with van der Waals surface area (Å²) in [6.45, 7) is 5.47. The Kier molecular flexibility index (Phi) is 5.28. The van der Waals surface area contributed by atoms with Crippen LogP contribution in [0.4, 0.5) is 0 Å². The molecule has 3 rings (SSSR count). The van der Waals surface area contributed by atoms with Gasteiger partial charge in [0.25, 0.3) is 0 Å². The van der Waals surface area contributed by atoms with Gasteiger partial charge in [0.15, 0.2) is 0 Å². The lowest BCUT2D eigenvalue weighted by Crippen LogP contribution is -2.40. The van der Waals surface area contributed by atoms with Crippen molar-refractivity contribution in [2.45, 2.75) is 38.3 Å². The van der Waals surface area contributed by atoms with Gasteiger partial charge in [0.2, 0.25) is 5.91 Å². The molecule has 2 aliphatic rings. The van der Waals surface area contributed by atoms with Gasteiger partial charge in [0.05, 0.1) is 6.54 Å². The molecule has 23 heavy (non-hydrogen) atoms. The van der Waals surface area contributed by atoms with Crippen molar-refractivity contribution in [2.24, 2.45) is 5.92 Å². The van der Waals surface area contributed by atoms with Crippen molar-refractivity contribution in [3.63, 3.8) is 0 Å². The summed E-state index contributed by atoms with van der Waals surface area (Å²) in [4.78, 5) is 21.2. The van der Waals surface area contributed by atoms with E-state index < -0.39 is 0 Å². The third-order valence-corrected chi connectivity index (χ3v) is 5.18. The second-order valence-corrected chi connectivity index (χ2v) is 6.86. The normalized spacial score (nSPS) is 25.0. The summed E-state index contributed by atoms with van der Waals surface area (Å²) >= 11 is 0. The van der Waals surface area contributed by atoms with Gasteiger partial charge in [-0.3, -0.25) is 19.6 Å². The van der Waals surface area contributed by atoms with Gasteiger partial charge < -0.3 is 5.32 Å². The summed E-state index contributed by atoms with van der Waals surface area (Å²) in [5.74, 6) is 0.627. The molecule has 1 aromatic rings. The van der Waals surface area contributed by atoms with Gasteiger partial charge in [0.1, 0.15) is 0 Å². The molecule has 5 heteroatoms. The molecule has 5 nitrogen and oxygen atoms in total. The zero-order valence-electron chi connectivity index (χ0n) is 14.2. The van der Waals surface area contributed by atoms with E-state index in [2.05, 4.69) is 40.1 Å². The Hall–Kier alpha value is -1.46. The minimum atomic E-state index is 0.165. The van der Waals surface area contributed by atoms with Gasteiger partial charge >= 0.3 is 0 Å². The van der Waals surface area contributed by atoms with Gasteiger partial charge in [-0.25, -0.2) is 0 Å². The summed E-state index contributed by atoms with van der Waals surface area (Å²) in [7, 11) is 2.16. The molecule has 1 saturated carbocycles. The molecule has 0 radical (unpaired) electrons. The van der Waals surface area contributed by atoms with Crippen LogP contribution >= 0.6 is 0 Å². The second-order valence-electron chi connectivity index (χ2n) is 6.86. The standard InChI is InChI=1S/C18H28N4O/c1-3-22(16-6-7-16)13-17(23)20-12-15-8-10-21(2)18(15)14-5-4-9-19-11-14/h4-5,9,11,15-16,18H,3,6-8,10,12-13H2,1-2H3,(H,20,23)/t15-,18-/m0/s1. The maximum Gasteiger partial charge on any atom is 0.234 e. The van der Waals surface area contributed by atoms with Crippen molar-refractivity contribution in [3.8, 4) is 0 Å². The van der Waals surface area contributed by atoms with Crippen LogP contribution in [0.15, 0.2) is 24.5 Å². The van der Waals surface area contributed by atoms with Crippen molar-refractivity contribution < 1.29 is 4.79 Å². The molecule has 0 bridgehead atoms. The van der Waals surface area contributed by atoms with E-state index in [9.17, 15) is 4.79 Å². The molecule has 0 unspecified atom stereocenters. The maximum atomic E-state index is 12.2. The predicted molar refractivity (Wildman–Crippen MR) is 91.0 cm³/mol. The molecule has 1 amide bonds. The van der Waals surface area contributed by atoms with E-state index >= 15 is 0 Å². The van der Waals surface area contributed by atoms with E-state index in [-0.39, 0.29) is 5.91 Å². The van der Waals surface area contributed by atoms with Crippen molar-refractivity contribution in [3.05, 3.63) is 30.1 Å². The first-order valence-corrected chi connectivity index (χ1v) is 8.80. The number of carbonyl (C=O) groups excluding carboxylic acids is 1. The summed E-state index contributed by atoms with van der Waals surface area (Å²) in [5.41, 5.74) is 1.25. The lowest BCUT2D eigenvalue weighted by atomic mass is 9.95. The molecular formula is C18H28N4O. The van der Waals surface area contributed by atoms with E-state index in [4.69, 9.17) is 0 Å². The molecule has 2 heterocycles. The largest absolute Gasteiger partial charge is 0.355 e. The van der Waals surface area contributed by atoms with Gasteiger partial charge in [0, 0.05) is 31.0 Å². The van der Waals surface area contributed by atoms with E-state index in [0.717, 1.165) is 26.1 Å². The average Bonchev–Trinajstić information content (AvgIpc) is 3.34. The minimum absolute atomic E-state index is 0.165. The summed E-state index contributed by atoms with van der Waals surface area (Å²) < 4.78 is 0. The van der Waals surface area contributed by atoms with Crippen LogP contribution in [0.25, 0.3) is 0 Å². The molecule has 1 aliphatic carbocycles. The number of hydrogen-bond donors (Lipinski definition) is 1. The van der Waals surface area contributed by atoms with Crippen LogP contribution < -0.4 is 5.32 Å². The highest BCUT2D eigenvalue weighted by atomic mass is 16.2. The first kappa shape index (κ1) is 16.4. The first-order chi connectivity index (χ1) is 11.2. The third kappa shape index (κ3) is 4.09. The van der Waals surface area contributed by atoms with Gasteiger partial charge in [-0.05, 0) is 56.9 Å². The SMILES string of the molecule is CCN(CC(=O)NC[C@@H]1CCN(C)[C@H]1c1cccnc1)C1CC1. The molecule has 2 atom stereocenters. The fourth-order valence-electron chi connectivity index (χ4n) is 3.74. The highest BCUT2D eigenvalue weighted by Crippen LogP contribution is 2.35. The first-order valence-electron chi connectivity index (χ1n) is 8.80. The highest BCUT2D eigenvalue weighted by molar-refractivity contribution is 5.78. The number of nitrogens with one attached hydrogen (secondary N) is 1. The lowest BCUT2D eigenvalue weighted by molar-refractivity contribution is -0.122. The Morgan fingerprint density at radius 1 is 1.43 bits per heavy atom. The second kappa shape index (κ2) is 7.41. The number of rotatable bonds is 7. The molecule has 1 N–H and O–H groups in total. The summed E-state index contributed by atoms with van der Waals surface area (Å²) in [5, 5.41) is 3.16. The number of amides is 1. The van der Waals surface area contributed by atoms with Crippen LogP contribution in [0.3, 0.4) is 0 Å². The molecule has 1 aromatic heterocycles. The molecule has 2 fully saturated rings. The number of aromatic nitrogens is 1. The van der Waals surface area contributed by atoms with Crippen LogP contribution in [0.2, 0.25) is 0 Å². The average molecular weight is 316 g/mol. The van der Waals surface area contributed by atoms with Crippen LogP contribution in [-0.2, 0) is 4.79 Å². The minimum Gasteiger partial charge on any atom is -0.355 e. The lowest BCUT2D eigenvalue weighted by Gasteiger charge is -2.26. The molecule has 0 aromatic carbocycles. The highest BCUT2D eigenvalue weighted by Gasteiger charge is 2.34. The van der Waals surface area contributed by atoms with Crippen molar-refractivity contribution in [2.75, 3.05) is 33.2 Å². The third-order valence-electron chi connectivity index (χ3n) is 5.18. The smallest absolute Gasteiger partial charge is 0.234 e. The molecule has 1 aliphatic heterocycles. The molecule has 1 saturated heterocycles. The van der Waals surface area contributed by atoms with E-state index in [1.807, 2.05) is 18.5 Å². The van der Waals surface area contributed by atoms with Crippen LogP contribution in [0, 0.1) is 5.92 Å². The Bertz CT molecular complexity index is 517. The van der Waals surface area contributed by atoms with E-state index in [0.29, 0.717) is 24.5 Å². The van der Waals surface area contributed by atoms with Crippen molar-refractivity contribution in [1.82, 2.24) is 20.1 Å². The number of likely N-dealkylation sites (N-methyl/N-ethyl adjacent to an activating group) is 1. The zero-order chi connectivity index (χ0) is 16.2. The Labute approximate surface area is 139 Å². The Balaban J connectivity index is 1.53.